The highest BCUT2D eigenvalue weighted by atomic mass is 16.5. The molecule has 4 aromatic rings. The van der Waals surface area contributed by atoms with Crippen LogP contribution in [0.1, 0.15) is 78.2 Å². The summed E-state index contributed by atoms with van der Waals surface area (Å²) in [5.74, 6) is 0.804. The fourth-order valence-electron chi connectivity index (χ4n) is 6.86. The molecule has 1 aliphatic carbocycles. The molecule has 1 saturated heterocycles. The third kappa shape index (κ3) is 4.36. The Morgan fingerprint density at radius 1 is 1.03 bits per heavy atom. The molecule has 8 heteroatoms. The van der Waals surface area contributed by atoms with Gasteiger partial charge in [-0.3, -0.25) is 0 Å². The van der Waals surface area contributed by atoms with Crippen LogP contribution in [0.25, 0.3) is 33.9 Å². The summed E-state index contributed by atoms with van der Waals surface area (Å²) in [7, 11) is 0. The average molecular weight is 524 g/mol. The normalized spacial score (nSPS) is 18.4. The van der Waals surface area contributed by atoms with Gasteiger partial charge in [-0.1, -0.05) is 49.6 Å². The SMILES string of the molecule is O=C(O)c1ccc2c(C3CCCCC3)c3n(c2c1)C=C(c1nnnn1CC1CCOCC1)Cc1ccccc1-3. The van der Waals surface area contributed by atoms with Gasteiger partial charge < -0.3 is 14.4 Å². The largest absolute Gasteiger partial charge is 0.478 e. The Bertz CT molecular complexity index is 1570. The minimum absolute atomic E-state index is 0.301. The number of nitrogens with zero attached hydrogens (tertiary/aromatic N) is 5. The highest BCUT2D eigenvalue weighted by molar-refractivity contribution is 6.01. The summed E-state index contributed by atoms with van der Waals surface area (Å²) >= 11 is 0. The molecule has 0 bridgehead atoms. The standard InChI is InChI=1S/C31H33N5O3/c37-31(38)23-10-11-26-27(17-23)35-19-24(30-32-33-34-36(30)18-20-12-14-39-15-13-20)16-22-8-4-5-9-25(22)29(35)28(26)21-6-2-1-3-7-21/h4-5,8-11,17,19-21H,1-3,6-7,12-16,18H2,(H,37,38). The van der Waals surface area contributed by atoms with E-state index in [1.807, 2.05) is 16.8 Å². The number of hydrogen-bond acceptors (Lipinski definition) is 5. The number of rotatable bonds is 5. The van der Waals surface area contributed by atoms with Gasteiger partial charge in [0.2, 0.25) is 0 Å². The van der Waals surface area contributed by atoms with Crippen LogP contribution in [0.3, 0.4) is 0 Å². The van der Waals surface area contributed by atoms with E-state index in [0.29, 0.717) is 23.8 Å². The first-order valence-electron chi connectivity index (χ1n) is 14.2. The van der Waals surface area contributed by atoms with Crippen LogP contribution < -0.4 is 0 Å². The lowest BCUT2D eigenvalue weighted by Gasteiger charge is -2.23. The maximum absolute atomic E-state index is 12.0. The Kier molecular flexibility index (Phi) is 6.27. The highest BCUT2D eigenvalue weighted by Gasteiger charge is 2.30. The molecule has 0 radical (unpaired) electrons. The maximum atomic E-state index is 12.0. The van der Waals surface area contributed by atoms with Gasteiger partial charge in [0.05, 0.1) is 16.8 Å². The monoisotopic (exact) mass is 523 g/mol. The summed E-state index contributed by atoms with van der Waals surface area (Å²) in [6.07, 6.45) is 11.0. The molecule has 8 nitrogen and oxygen atoms in total. The number of carbonyl (C=O) groups is 1. The van der Waals surface area contributed by atoms with Crippen LogP contribution in [-0.4, -0.2) is 49.1 Å². The van der Waals surface area contributed by atoms with Crippen LogP contribution >= 0.6 is 0 Å². The van der Waals surface area contributed by atoms with E-state index < -0.39 is 5.97 Å². The van der Waals surface area contributed by atoms with E-state index in [-0.39, 0.29) is 0 Å². The Morgan fingerprint density at radius 3 is 2.67 bits per heavy atom. The first kappa shape index (κ1) is 24.3. The van der Waals surface area contributed by atoms with E-state index in [1.54, 1.807) is 6.07 Å². The van der Waals surface area contributed by atoms with Crippen molar-refractivity contribution in [2.24, 2.45) is 5.92 Å². The van der Waals surface area contributed by atoms with Crippen molar-refractivity contribution in [3.8, 4) is 11.3 Å². The van der Waals surface area contributed by atoms with Gasteiger partial charge >= 0.3 is 5.97 Å². The molecule has 0 spiro atoms. The zero-order valence-electron chi connectivity index (χ0n) is 22.1. The van der Waals surface area contributed by atoms with Gasteiger partial charge in [-0.15, -0.1) is 5.10 Å². The quantitative estimate of drug-likeness (QED) is 0.344. The number of ether oxygens (including phenoxy) is 1. The Morgan fingerprint density at radius 2 is 1.85 bits per heavy atom. The topological polar surface area (TPSA) is 95.1 Å². The molecule has 2 aliphatic heterocycles. The van der Waals surface area contributed by atoms with Gasteiger partial charge in [-0.25, -0.2) is 9.48 Å². The first-order chi connectivity index (χ1) is 19.2. The van der Waals surface area contributed by atoms with Gasteiger partial charge in [0.1, 0.15) is 0 Å². The second-order valence-corrected chi connectivity index (χ2v) is 11.2. The fraction of sp³-hybridized carbons (Fsp3) is 0.419. The molecule has 3 aliphatic rings. The summed E-state index contributed by atoms with van der Waals surface area (Å²) in [4.78, 5) is 12.0. The number of allylic oxidation sites excluding steroid dienone is 1. The summed E-state index contributed by atoms with van der Waals surface area (Å²) in [6.45, 7) is 2.33. The van der Waals surface area contributed by atoms with E-state index in [4.69, 9.17) is 4.74 Å². The molecule has 4 heterocycles. The van der Waals surface area contributed by atoms with E-state index in [0.717, 1.165) is 67.7 Å². The van der Waals surface area contributed by atoms with Gasteiger partial charge in [0, 0.05) is 48.9 Å². The molecule has 1 saturated carbocycles. The third-order valence-corrected chi connectivity index (χ3v) is 8.83. The maximum Gasteiger partial charge on any atom is 0.335 e. The molecular formula is C31H33N5O3. The Balaban J connectivity index is 1.45. The van der Waals surface area contributed by atoms with Crippen molar-refractivity contribution in [1.82, 2.24) is 24.8 Å². The van der Waals surface area contributed by atoms with Crippen LogP contribution in [0.5, 0.6) is 0 Å². The molecule has 2 fully saturated rings. The number of benzene rings is 2. The van der Waals surface area contributed by atoms with Gasteiger partial charge in [-0.2, -0.15) is 0 Å². The third-order valence-electron chi connectivity index (χ3n) is 8.83. The predicted octanol–water partition coefficient (Wildman–Crippen LogP) is 6.02. The van der Waals surface area contributed by atoms with Crippen LogP contribution in [0.4, 0.5) is 0 Å². The van der Waals surface area contributed by atoms with E-state index in [1.165, 1.54) is 41.6 Å². The van der Waals surface area contributed by atoms with Crippen molar-refractivity contribution in [2.45, 2.75) is 63.8 Å². The highest BCUT2D eigenvalue weighted by Crippen LogP contribution is 2.47. The predicted molar refractivity (Wildman–Crippen MR) is 149 cm³/mol. The summed E-state index contributed by atoms with van der Waals surface area (Å²) < 4.78 is 9.75. The zero-order chi connectivity index (χ0) is 26.3. The molecule has 0 amide bonds. The number of hydrogen-bond donors (Lipinski definition) is 1. The molecule has 2 aromatic heterocycles. The first-order valence-corrected chi connectivity index (χ1v) is 14.2. The Hall–Kier alpha value is -3.78. The second kappa shape index (κ2) is 10.1. The lowest BCUT2D eigenvalue weighted by Crippen LogP contribution is -2.22. The van der Waals surface area contributed by atoms with Gasteiger partial charge in [0.25, 0.3) is 0 Å². The number of carboxylic acid groups (broad SMARTS) is 1. The lowest BCUT2D eigenvalue weighted by molar-refractivity contribution is 0.0598. The molecule has 2 aromatic carbocycles. The van der Waals surface area contributed by atoms with Gasteiger partial charge in [-0.05, 0) is 71.2 Å². The summed E-state index contributed by atoms with van der Waals surface area (Å²) in [5, 5.41) is 24.0. The van der Waals surface area contributed by atoms with Crippen molar-refractivity contribution in [3.63, 3.8) is 0 Å². The number of aromatic carboxylic acids is 1. The molecule has 0 atom stereocenters. The summed E-state index contributed by atoms with van der Waals surface area (Å²) in [6, 6.07) is 14.2. The minimum Gasteiger partial charge on any atom is -0.478 e. The molecule has 7 rings (SSSR count). The minimum atomic E-state index is -0.912. The number of carboxylic acids is 1. The van der Waals surface area contributed by atoms with Crippen molar-refractivity contribution in [2.75, 3.05) is 13.2 Å². The molecule has 1 N–H and O–H groups in total. The van der Waals surface area contributed by atoms with Crippen molar-refractivity contribution in [1.29, 1.82) is 0 Å². The number of aromatic nitrogens is 5. The Labute approximate surface area is 227 Å². The van der Waals surface area contributed by atoms with Crippen molar-refractivity contribution in [3.05, 3.63) is 65.0 Å². The van der Waals surface area contributed by atoms with Gasteiger partial charge in [0.15, 0.2) is 5.82 Å². The molecule has 39 heavy (non-hydrogen) atoms. The van der Waals surface area contributed by atoms with Crippen molar-refractivity contribution < 1.29 is 14.6 Å². The van der Waals surface area contributed by atoms with Crippen LogP contribution in [-0.2, 0) is 17.7 Å². The zero-order valence-corrected chi connectivity index (χ0v) is 22.1. The molecule has 200 valence electrons. The summed E-state index contributed by atoms with van der Waals surface area (Å²) in [5.41, 5.74) is 7.26. The second-order valence-electron chi connectivity index (χ2n) is 11.2. The lowest BCUT2D eigenvalue weighted by atomic mass is 9.81. The molecule has 0 unspecified atom stereocenters. The van der Waals surface area contributed by atoms with E-state index in [9.17, 15) is 9.90 Å². The smallest absolute Gasteiger partial charge is 0.335 e. The number of fused-ring (bicyclic) bond motifs is 5. The van der Waals surface area contributed by atoms with Crippen LogP contribution in [0.2, 0.25) is 0 Å². The van der Waals surface area contributed by atoms with Crippen LogP contribution in [0, 0.1) is 5.92 Å². The molecular weight excluding hydrogens is 490 g/mol. The van der Waals surface area contributed by atoms with Crippen molar-refractivity contribution >= 4 is 28.6 Å². The number of tetrazole rings is 1. The van der Waals surface area contributed by atoms with E-state index >= 15 is 0 Å². The van der Waals surface area contributed by atoms with E-state index in [2.05, 4.69) is 50.6 Å². The average Bonchev–Trinajstić information content (AvgIpc) is 3.51. The fourth-order valence-corrected chi connectivity index (χ4v) is 6.86. The van der Waals surface area contributed by atoms with Crippen LogP contribution in [0.15, 0.2) is 42.5 Å².